The zero-order chi connectivity index (χ0) is 18.2. The Morgan fingerprint density at radius 3 is 2.77 bits per heavy atom. The smallest absolute Gasteiger partial charge is 0.405 e. The molecule has 0 spiro atoms. The fraction of sp³-hybridized carbons (Fsp3) is 0.526. The third-order valence-corrected chi connectivity index (χ3v) is 5.85. The SMILES string of the molecule is COc1ccc2nccc(CCC34CCC(NC(=O)O)(CC3)CO4)c2n1. The average Bonchev–Trinajstić information content (AvgIpc) is 2.67. The molecule has 2 aliphatic heterocycles. The second-order valence-corrected chi connectivity index (χ2v) is 7.37. The van der Waals surface area contributed by atoms with E-state index in [9.17, 15) is 4.79 Å². The maximum Gasteiger partial charge on any atom is 0.405 e. The molecule has 0 aromatic carbocycles. The lowest BCUT2D eigenvalue weighted by Gasteiger charge is -2.53. The van der Waals surface area contributed by atoms with Gasteiger partial charge in [0.1, 0.15) is 0 Å². The number of amides is 1. The Balaban J connectivity index is 1.49. The monoisotopic (exact) mass is 357 g/mol. The molecule has 3 fully saturated rings. The Kier molecular flexibility index (Phi) is 4.19. The molecule has 138 valence electrons. The Bertz CT molecular complexity index is 814. The minimum atomic E-state index is -0.966. The highest BCUT2D eigenvalue weighted by molar-refractivity contribution is 5.78. The molecule has 1 amide bonds. The standard InChI is InChI=1S/C19H23N3O4/c1-25-15-3-2-14-16(21-15)13(5-11-20-14)4-6-19-9-7-18(8-10-19,12-26-19)22-17(23)24/h2-3,5,11,22H,4,6-10,12H2,1H3,(H,23,24). The average molecular weight is 357 g/mol. The summed E-state index contributed by atoms with van der Waals surface area (Å²) in [5, 5.41) is 11.7. The molecule has 7 heteroatoms. The highest BCUT2D eigenvalue weighted by Gasteiger charge is 2.50. The van der Waals surface area contributed by atoms with Crippen LogP contribution >= 0.6 is 0 Å². The van der Waals surface area contributed by atoms with Gasteiger partial charge in [-0.1, -0.05) is 0 Å². The van der Waals surface area contributed by atoms with E-state index in [2.05, 4.69) is 15.3 Å². The highest BCUT2D eigenvalue weighted by Crippen LogP contribution is 2.46. The van der Waals surface area contributed by atoms with Crippen LogP contribution < -0.4 is 10.1 Å². The van der Waals surface area contributed by atoms with Crippen molar-refractivity contribution in [3.05, 3.63) is 30.0 Å². The molecule has 0 radical (unpaired) electrons. The second-order valence-electron chi connectivity index (χ2n) is 7.37. The van der Waals surface area contributed by atoms with E-state index < -0.39 is 11.6 Å². The van der Waals surface area contributed by atoms with Gasteiger partial charge in [-0.2, -0.15) is 0 Å². The number of aryl methyl sites for hydroxylation is 1. The Hall–Kier alpha value is -2.41. The van der Waals surface area contributed by atoms with Crippen molar-refractivity contribution in [2.75, 3.05) is 13.7 Å². The molecular weight excluding hydrogens is 334 g/mol. The quantitative estimate of drug-likeness (QED) is 0.854. The molecule has 2 aromatic heterocycles. The Morgan fingerprint density at radius 1 is 1.31 bits per heavy atom. The van der Waals surface area contributed by atoms with Crippen LogP contribution in [-0.4, -0.2) is 46.0 Å². The number of carboxylic acid groups (broad SMARTS) is 1. The number of hydrogen-bond acceptors (Lipinski definition) is 5. The minimum Gasteiger partial charge on any atom is -0.481 e. The number of methoxy groups -OCH3 is 1. The first-order valence-corrected chi connectivity index (χ1v) is 8.97. The van der Waals surface area contributed by atoms with Crippen molar-refractivity contribution in [3.63, 3.8) is 0 Å². The van der Waals surface area contributed by atoms with Crippen molar-refractivity contribution in [1.29, 1.82) is 0 Å². The summed E-state index contributed by atoms with van der Waals surface area (Å²) in [6.45, 7) is 0.461. The Morgan fingerprint density at radius 2 is 2.12 bits per heavy atom. The first-order valence-electron chi connectivity index (χ1n) is 8.97. The molecule has 1 aliphatic carbocycles. The van der Waals surface area contributed by atoms with Crippen molar-refractivity contribution < 1.29 is 19.4 Å². The molecule has 2 N–H and O–H groups in total. The number of fused-ring (bicyclic) bond motifs is 4. The summed E-state index contributed by atoms with van der Waals surface area (Å²) >= 11 is 0. The zero-order valence-corrected chi connectivity index (χ0v) is 14.8. The molecule has 4 heterocycles. The number of rotatable bonds is 5. The van der Waals surface area contributed by atoms with Gasteiger partial charge >= 0.3 is 6.09 Å². The summed E-state index contributed by atoms with van der Waals surface area (Å²) in [5.41, 5.74) is 2.32. The Labute approximate surface area is 151 Å². The van der Waals surface area contributed by atoms with Gasteiger partial charge in [-0.15, -0.1) is 0 Å². The molecule has 26 heavy (non-hydrogen) atoms. The van der Waals surface area contributed by atoms with Gasteiger partial charge in [0, 0.05) is 12.3 Å². The number of nitrogens with one attached hydrogen (secondary N) is 1. The second kappa shape index (κ2) is 6.39. The number of aromatic nitrogens is 2. The van der Waals surface area contributed by atoms with Gasteiger partial charge in [0.2, 0.25) is 5.88 Å². The van der Waals surface area contributed by atoms with E-state index in [0.29, 0.717) is 12.5 Å². The van der Waals surface area contributed by atoms with Crippen molar-refractivity contribution in [2.24, 2.45) is 0 Å². The van der Waals surface area contributed by atoms with Crippen LogP contribution in [0.2, 0.25) is 0 Å². The molecule has 0 atom stereocenters. The zero-order valence-electron chi connectivity index (χ0n) is 14.8. The molecule has 7 nitrogen and oxygen atoms in total. The van der Waals surface area contributed by atoms with Crippen LogP contribution in [0.15, 0.2) is 24.4 Å². The maximum atomic E-state index is 11.0. The number of pyridine rings is 2. The summed E-state index contributed by atoms with van der Waals surface area (Å²) in [6, 6.07) is 5.75. The summed E-state index contributed by atoms with van der Waals surface area (Å²) < 4.78 is 11.4. The number of carbonyl (C=O) groups is 1. The first-order chi connectivity index (χ1) is 12.5. The van der Waals surface area contributed by atoms with Crippen LogP contribution in [0, 0.1) is 0 Å². The van der Waals surface area contributed by atoms with E-state index in [1.54, 1.807) is 7.11 Å². The fourth-order valence-corrected chi connectivity index (χ4v) is 4.21. The van der Waals surface area contributed by atoms with Crippen molar-refractivity contribution >= 4 is 17.1 Å². The number of nitrogens with zero attached hydrogens (tertiary/aromatic N) is 2. The van der Waals surface area contributed by atoms with E-state index in [-0.39, 0.29) is 5.60 Å². The van der Waals surface area contributed by atoms with E-state index in [0.717, 1.165) is 55.1 Å². The molecule has 5 rings (SSSR count). The lowest BCUT2D eigenvalue weighted by molar-refractivity contribution is -0.162. The normalized spacial score (nSPS) is 27.4. The van der Waals surface area contributed by atoms with Crippen LogP contribution in [0.25, 0.3) is 11.0 Å². The van der Waals surface area contributed by atoms with Crippen LogP contribution in [0.4, 0.5) is 4.79 Å². The van der Waals surface area contributed by atoms with E-state index in [1.807, 2.05) is 24.4 Å². The van der Waals surface area contributed by atoms with Gasteiger partial charge < -0.3 is 19.9 Å². The predicted octanol–water partition coefficient (Wildman–Crippen LogP) is 2.92. The van der Waals surface area contributed by atoms with Crippen molar-refractivity contribution in [1.82, 2.24) is 15.3 Å². The summed E-state index contributed by atoms with van der Waals surface area (Å²) in [7, 11) is 1.61. The van der Waals surface area contributed by atoms with Crippen LogP contribution in [0.1, 0.15) is 37.7 Å². The van der Waals surface area contributed by atoms with Gasteiger partial charge in [0.05, 0.1) is 35.9 Å². The van der Waals surface area contributed by atoms with Crippen LogP contribution in [0.3, 0.4) is 0 Å². The maximum absolute atomic E-state index is 11.0. The molecule has 2 saturated heterocycles. The van der Waals surface area contributed by atoms with Gasteiger partial charge in [0.15, 0.2) is 0 Å². The summed E-state index contributed by atoms with van der Waals surface area (Å²) in [5.74, 6) is 0.584. The van der Waals surface area contributed by atoms with E-state index in [4.69, 9.17) is 14.6 Å². The minimum absolute atomic E-state index is 0.156. The third kappa shape index (κ3) is 3.07. The largest absolute Gasteiger partial charge is 0.481 e. The van der Waals surface area contributed by atoms with Crippen LogP contribution in [0.5, 0.6) is 5.88 Å². The number of hydrogen-bond donors (Lipinski definition) is 2. The molecule has 2 bridgehead atoms. The fourth-order valence-electron chi connectivity index (χ4n) is 4.21. The van der Waals surface area contributed by atoms with E-state index >= 15 is 0 Å². The molecule has 3 aliphatic rings. The van der Waals surface area contributed by atoms with Crippen molar-refractivity contribution in [2.45, 2.75) is 49.7 Å². The molecule has 2 aromatic rings. The predicted molar refractivity (Wildman–Crippen MR) is 95.5 cm³/mol. The first kappa shape index (κ1) is 17.0. The lowest BCUT2D eigenvalue weighted by atomic mass is 9.69. The molecule has 0 unspecified atom stereocenters. The van der Waals surface area contributed by atoms with Gasteiger partial charge in [-0.3, -0.25) is 4.98 Å². The van der Waals surface area contributed by atoms with Gasteiger partial charge in [0.25, 0.3) is 0 Å². The topological polar surface area (TPSA) is 93.6 Å². The summed E-state index contributed by atoms with van der Waals surface area (Å²) in [4.78, 5) is 20.0. The lowest BCUT2D eigenvalue weighted by Crippen LogP contribution is -2.62. The third-order valence-electron chi connectivity index (χ3n) is 5.85. The molecular formula is C19H23N3O4. The van der Waals surface area contributed by atoms with Crippen LogP contribution in [-0.2, 0) is 11.2 Å². The molecule has 1 saturated carbocycles. The van der Waals surface area contributed by atoms with E-state index in [1.165, 1.54) is 0 Å². The number of ether oxygens (including phenoxy) is 2. The van der Waals surface area contributed by atoms with Gasteiger partial charge in [-0.25, -0.2) is 9.78 Å². The highest BCUT2D eigenvalue weighted by atomic mass is 16.5. The summed E-state index contributed by atoms with van der Waals surface area (Å²) in [6.07, 6.45) is 6.03. The van der Waals surface area contributed by atoms with Gasteiger partial charge in [-0.05, 0) is 56.2 Å². The van der Waals surface area contributed by atoms with Crippen molar-refractivity contribution in [3.8, 4) is 5.88 Å².